The zero-order chi connectivity index (χ0) is 34.0. The molecule has 7 heteroatoms. The number of carbonyl (C=O) groups excluding carboxylic acids is 2. The second-order valence-corrected chi connectivity index (χ2v) is 17.1. The van der Waals surface area contributed by atoms with Crippen LogP contribution < -0.4 is 0 Å². The largest absolute Gasteiger partial charge is 0.440 e. The number of hydrogen-bond acceptors (Lipinski definition) is 4. The van der Waals surface area contributed by atoms with E-state index in [1.54, 1.807) is 12.1 Å². The van der Waals surface area contributed by atoms with Crippen molar-refractivity contribution in [1.82, 2.24) is 4.90 Å². The molecule has 7 aliphatic rings. The van der Waals surface area contributed by atoms with Gasteiger partial charge in [0.2, 0.25) is 0 Å². The minimum absolute atomic E-state index is 0.0445. The van der Waals surface area contributed by atoms with Gasteiger partial charge >= 0.3 is 6.09 Å². The van der Waals surface area contributed by atoms with Crippen LogP contribution in [0.2, 0.25) is 5.02 Å². The maximum Gasteiger partial charge on any atom is 0.410 e. The van der Waals surface area contributed by atoms with E-state index in [0.29, 0.717) is 42.2 Å². The molecule has 4 saturated carbocycles. The van der Waals surface area contributed by atoms with Crippen LogP contribution in [0.5, 0.6) is 0 Å². The summed E-state index contributed by atoms with van der Waals surface area (Å²) >= 11 is 6.39. The first-order chi connectivity index (χ1) is 22.8. The van der Waals surface area contributed by atoms with Gasteiger partial charge in [-0.15, -0.1) is 0 Å². The summed E-state index contributed by atoms with van der Waals surface area (Å²) in [4.78, 5) is 30.0. The second kappa shape index (κ2) is 12.6. The molecule has 1 aliphatic heterocycles. The number of fused-ring (bicyclic) bond motifs is 10. The van der Waals surface area contributed by atoms with Gasteiger partial charge in [0.1, 0.15) is 11.4 Å². The van der Waals surface area contributed by atoms with Crippen molar-refractivity contribution in [3.8, 4) is 0 Å². The molecule has 7 atom stereocenters. The van der Waals surface area contributed by atoms with Gasteiger partial charge in [-0.2, -0.15) is 0 Å². The van der Waals surface area contributed by atoms with Crippen molar-refractivity contribution < 1.29 is 23.8 Å². The third-order valence-corrected chi connectivity index (χ3v) is 14.1. The topological polar surface area (TPSA) is 66.8 Å². The Hall–Kier alpha value is -2.70. The van der Waals surface area contributed by atoms with Crippen LogP contribution in [0.4, 0.5) is 9.18 Å². The molecule has 1 amide bonds. The zero-order valence-electron chi connectivity index (χ0n) is 29.0. The van der Waals surface area contributed by atoms with Gasteiger partial charge in [-0.05, 0) is 130 Å². The number of aliphatic hydroxyl groups excluding tert-OH is 1. The highest BCUT2D eigenvalue weighted by atomic mass is 35.5. The minimum atomic E-state index is -0.663. The number of benzene rings is 2. The summed E-state index contributed by atoms with van der Waals surface area (Å²) in [5, 5.41) is 11.1. The Morgan fingerprint density at radius 3 is 2.67 bits per heavy atom. The van der Waals surface area contributed by atoms with E-state index in [1.165, 1.54) is 30.9 Å². The Bertz CT molecular complexity index is 1610. The van der Waals surface area contributed by atoms with Gasteiger partial charge in [-0.25, -0.2) is 9.18 Å². The highest BCUT2D eigenvalue weighted by molar-refractivity contribution is 6.31. The molecule has 5 fully saturated rings. The van der Waals surface area contributed by atoms with Gasteiger partial charge in [0.25, 0.3) is 0 Å². The molecule has 7 unspecified atom stereocenters. The molecule has 1 heterocycles. The number of allylic oxidation sites excluding steroid dienone is 2. The van der Waals surface area contributed by atoms with Crippen molar-refractivity contribution in [2.75, 3.05) is 13.1 Å². The summed E-state index contributed by atoms with van der Waals surface area (Å²) in [5.41, 5.74) is 3.07. The van der Waals surface area contributed by atoms with Gasteiger partial charge in [0.05, 0.1) is 12.6 Å². The van der Waals surface area contributed by atoms with Gasteiger partial charge in [0.15, 0.2) is 5.78 Å². The lowest BCUT2D eigenvalue weighted by Crippen LogP contribution is -2.55. The fraction of sp³-hybridized carbons (Fsp3) is 0.610. The van der Waals surface area contributed by atoms with Crippen molar-refractivity contribution in [2.24, 2.45) is 28.6 Å². The first-order valence-corrected chi connectivity index (χ1v) is 18.6. The number of hydrogen-bond donors (Lipinski definition) is 1. The molecule has 258 valence electrons. The molecule has 1 saturated heterocycles. The summed E-state index contributed by atoms with van der Waals surface area (Å²) in [6.07, 6.45) is 10.1. The summed E-state index contributed by atoms with van der Waals surface area (Å²) < 4.78 is 21.5. The average molecular weight is 676 g/mol. The molecule has 0 radical (unpaired) electrons. The molecule has 1 spiro atoms. The zero-order valence-corrected chi connectivity index (χ0v) is 29.8. The van der Waals surface area contributed by atoms with Crippen LogP contribution in [0.1, 0.15) is 118 Å². The number of aliphatic hydroxyl groups is 1. The maximum atomic E-state index is 14.9. The molecular weight excluding hydrogens is 625 g/mol. The second-order valence-electron chi connectivity index (χ2n) is 16.7. The van der Waals surface area contributed by atoms with E-state index in [2.05, 4.69) is 39.8 Å². The lowest BCUT2D eigenvalue weighted by atomic mass is 9.45. The van der Waals surface area contributed by atoms with Crippen LogP contribution in [-0.4, -0.2) is 46.7 Å². The fourth-order valence-corrected chi connectivity index (χ4v) is 10.8. The minimum Gasteiger partial charge on any atom is -0.440 e. The predicted octanol–water partition coefficient (Wildman–Crippen LogP) is 9.48. The molecular formula is C41H51ClFNO4. The van der Waals surface area contributed by atoms with E-state index >= 15 is 0 Å². The standard InChI is InChI=1S/C41H51ClFNO4/c1-25-7-6-17-40(4)33(16-18-41(40)24-44(38(47)48-41)23-27-12-13-28-21-34(27)39(28,2)3)30-15-11-26(19-29(45)14-10-25)20-31(30)37(46)22-32-35(42)8-5-9-36(32)43/h5,7-9,11,15,20,27-29,33-34,45H,6,10,12-14,16-19,21-24H2,1-4H3. The van der Waals surface area contributed by atoms with E-state index in [0.717, 1.165) is 55.7 Å². The van der Waals surface area contributed by atoms with Crippen molar-refractivity contribution in [3.05, 3.63) is 81.1 Å². The number of ether oxygens (including phenoxy) is 1. The van der Waals surface area contributed by atoms with E-state index in [9.17, 15) is 19.1 Å². The third kappa shape index (κ3) is 5.73. The van der Waals surface area contributed by atoms with Crippen molar-refractivity contribution in [3.63, 3.8) is 0 Å². The molecule has 48 heavy (non-hydrogen) atoms. The Morgan fingerprint density at radius 1 is 1.10 bits per heavy atom. The molecule has 6 aliphatic carbocycles. The SMILES string of the molecule is CC1=CCCC2(C)C(CCC23CN(CC2CCC4CC2C4(C)C)C(=O)O3)c2ccc(cc2C(=O)Cc2c(F)cccc2Cl)CC(O)CC1. The highest BCUT2D eigenvalue weighted by Crippen LogP contribution is 2.64. The lowest BCUT2D eigenvalue weighted by Gasteiger charge is -2.60. The van der Waals surface area contributed by atoms with Crippen molar-refractivity contribution in [2.45, 2.75) is 116 Å². The number of halogens is 2. The van der Waals surface area contributed by atoms with Gasteiger partial charge in [-0.1, -0.05) is 62.2 Å². The molecule has 2 aromatic rings. The first kappa shape index (κ1) is 33.8. The fourth-order valence-electron chi connectivity index (χ4n) is 10.6. The maximum absolute atomic E-state index is 14.9. The van der Waals surface area contributed by atoms with Crippen LogP contribution >= 0.6 is 11.6 Å². The lowest BCUT2D eigenvalue weighted by molar-refractivity contribution is -0.109. The van der Waals surface area contributed by atoms with Crippen molar-refractivity contribution >= 4 is 23.5 Å². The van der Waals surface area contributed by atoms with E-state index in [-0.39, 0.29) is 34.8 Å². The van der Waals surface area contributed by atoms with Crippen LogP contribution in [0.3, 0.4) is 0 Å². The van der Waals surface area contributed by atoms with E-state index in [1.807, 2.05) is 17.0 Å². The number of Topliss-reactive ketones (excluding diaryl/α,β-unsaturated/α-hetero) is 1. The van der Waals surface area contributed by atoms with Crippen molar-refractivity contribution in [1.29, 1.82) is 0 Å². The monoisotopic (exact) mass is 675 g/mol. The quantitative estimate of drug-likeness (QED) is 0.253. The molecule has 2 aromatic carbocycles. The Morgan fingerprint density at radius 2 is 1.92 bits per heavy atom. The highest BCUT2D eigenvalue weighted by Gasteiger charge is 2.64. The molecule has 5 nitrogen and oxygen atoms in total. The number of nitrogens with zero attached hydrogens (tertiary/aromatic N) is 1. The summed E-state index contributed by atoms with van der Waals surface area (Å²) in [6, 6.07) is 10.5. The van der Waals surface area contributed by atoms with Crippen LogP contribution in [0.25, 0.3) is 0 Å². The van der Waals surface area contributed by atoms with Crippen LogP contribution in [0.15, 0.2) is 48.0 Å². The summed E-state index contributed by atoms with van der Waals surface area (Å²) in [7, 11) is 0. The molecule has 0 aromatic heterocycles. The molecule has 9 rings (SSSR count). The van der Waals surface area contributed by atoms with E-state index < -0.39 is 22.9 Å². The Kier molecular flexibility index (Phi) is 8.84. The summed E-state index contributed by atoms with van der Waals surface area (Å²) in [6.45, 7) is 10.5. The third-order valence-electron chi connectivity index (χ3n) is 13.8. The van der Waals surface area contributed by atoms with Crippen LogP contribution in [0, 0.1) is 34.4 Å². The number of rotatable bonds is 5. The Balaban J connectivity index is 1.24. The summed E-state index contributed by atoms with van der Waals surface area (Å²) in [5.74, 6) is 1.25. The van der Waals surface area contributed by atoms with E-state index in [4.69, 9.17) is 16.3 Å². The predicted molar refractivity (Wildman–Crippen MR) is 187 cm³/mol. The number of amides is 1. The normalized spacial score (nSPS) is 34.3. The molecule has 4 bridgehead atoms. The number of carbonyl (C=O) groups is 2. The van der Waals surface area contributed by atoms with Gasteiger partial charge in [0, 0.05) is 34.5 Å². The molecule has 1 N–H and O–H groups in total. The van der Waals surface area contributed by atoms with Gasteiger partial charge in [-0.3, -0.25) is 4.79 Å². The average Bonchev–Trinajstić information content (AvgIpc) is 3.51. The number of ketones is 1. The smallest absolute Gasteiger partial charge is 0.410 e. The van der Waals surface area contributed by atoms with Crippen LogP contribution in [-0.2, 0) is 17.6 Å². The Labute approximate surface area is 290 Å². The van der Waals surface area contributed by atoms with Gasteiger partial charge < -0.3 is 14.7 Å². The first-order valence-electron chi connectivity index (χ1n) is 18.2.